The molecule has 1 aliphatic rings. The average molecular weight is 171 g/mol. The molecule has 0 amide bonds. The molecule has 1 aliphatic heterocycles. The molecule has 3 nitrogen and oxygen atoms in total. The molecule has 0 atom stereocenters. The maximum Gasteiger partial charge on any atom is 0.244 e. The predicted octanol–water partition coefficient (Wildman–Crippen LogP) is 1.61. The van der Waals surface area contributed by atoms with Crippen LogP contribution < -0.4 is 5.32 Å². The average Bonchev–Trinajstić information content (AvgIpc) is 2.31. The van der Waals surface area contributed by atoms with Crippen LogP contribution in [0.5, 0.6) is 0 Å². The van der Waals surface area contributed by atoms with Crippen LogP contribution >= 0.6 is 0 Å². The summed E-state index contributed by atoms with van der Waals surface area (Å²) in [5, 5.41) is 3.24. The van der Waals surface area contributed by atoms with Crippen molar-refractivity contribution in [2.24, 2.45) is 0 Å². The van der Waals surface area contributed by atoms with Gasteiger partial charge in [0.25, 0.3) is 0 Å². The van der Waals surface area contributed by atoms with Gasteiger partial charge in [-0.25, -0.2) is 0 Å². The second-order valence-corrected chi connectivity index (χ2v) is 3.38. The SMILES string of the molecule is CCCNCC1=COC(C)(C)O1. The van der Waals surface area contributed by atoms with Gasteiger partial charge in [-0.1, -0.05) is 6.92 Å². The largest absolute Gasteiger partial charge is 0.457 e. The van der Waals surface area contributed by atoms with Gasteiger partial charge in [-0.2, -0.15) is 0 Å². The van der Waals surface area contributed by atoms with Crippen LogP contribution in [0.25, 0.3) is 0 Å². The zero-order chi connectivity index (χ0) is 9.03. The molecule has 0 bridgehead atoms. The van der Waals surface area contributed by atoms with Crippen molar-refractivity contribution < 1.29 is 9.47 Å². The van der Waals surface area contributed by atoms with E-state index >= 15 is 0 Å². The summed E-state index contributed by atoms with van der Waals surface area (Å²) in [5.74, 6) is 0.414. The first-order valence-electron chi connectivity index (χ1n) is 4.40. The van der Waals surface area contributed by atoms with Gasteiger partial charge >= 0.3 is 0 Å². The molecule has 0 aromatic heterocycles. The minimum Gasteiger partial charge on any atom is -0.457 e. The molecule has 1 heterocycles. The topological polar surface area (TPSA) is 30.5 Å². The third kappa shape index (κ3) is 2.74. The van der Waals surface area contributed by atoms with E-state index in [2.05, 4.69) is 12.2 Å². The summed E-state index contributed by atoms with van der Waals surface area (Å²) in [4.78, 5) is 0. The molecule has 0 unspecified atom stereocenters. The van der Waals surface area contributed by atoms with Crippen molar-refractivity contribution in [2.45, 2.75) is 33.0 Å². The molecule has 0 aliphatic carbocycles. The lowest BCUT2D eigenvalue weighted by molar-refractivity contribution is -0.116. The Morgan fingerprint density at radius 3 is 2.75 bits per heavy atom. The molecule has 3 heteroatoms. The third-order valence-electron chi connectivity index (χ3n) is 1.58. The normalized spacial score (nSPS) is 19.8. The van der Waals surface area contributed by atoms with Gasteiger partial charge in [0.05, 0.1) is 6.54 Å². The van der Waals surface area contributed by atoms with Crippen LogP contribution in [0.15, 0.2) is 12.0 Å². The number of ether oxygens (including phenoxy) is 2. The number of nitrogens with one attached hydrogen (secondary N) is 1. The molecule has 0 aromatic carbocycles. The fourth-order valence-electron chi connectivity index (χ4n) is 1.04. The zero-order valence-electron chi connectivity index (χ0n) is 8.02. The quantitative estimate of drug-likeness (QED) is 0.652. The van der Waals surface area contributed by atoms with Crippen LogP contribution in [-0.4, -0.2) is 18.9 Å². The van der Waals surface area contributed by atoms with E-state index in [0.717, 1.165) is 25.3 Å². The lowest BCUT2D eigenvalue weighted by Crippen LogP contribution is -2.24. The molecular formula is C9H17NO2. The molecule has 0 fully saturated rings. The Morgan fingerprint density at radius 2 is 2.25 bits per heavy atom. The summed E-state index contributed by atoms with van der Waals surface area (Å²) >= 11 is 0. The maximum absolute atomic E-state index is 5.47. The van der Waals surface area contributed by atoms with Crippen LogP contribution in [0.2, 0.25) is 0 Å². The Hall–Kier alpha value is -0.700. The number of rotatable bonds is 4. The standard InChI is InChI=1S/C9H17NO2/c1-4-5-10-6-8-7-11-9(2,3)12-8/h7,10H,4-6H2,1-3H3. The van der Waals surface area contributed by atoms with E-state index in [4.69, 9.17) is 9.47 Å². The Bertz CT molecular complexity index is 175. The van der Waals surface area contributed by atoms with E-state index in [1.165, 1.54) is 0 Å². The van der Waals surface area contributed by atoms with Gasteiger partial charge < -0.3 is 14.8 Å². The van der Waals surface area contributed by atoms with Crippen LogP contribution in [0.3, 0.4) is 0 Å². The molecule has 1 N–H and O–H groups in total. The van der Waals surface area contributed by atoms with Gasteiger partial charge in [0.15, 0.2) is 0 Å². The van der Waals surface area contributed by atoms with Crippen LogP contribution in [0.1, 0.15) is 27.2 Å². The minimum absolute atomic E-state index is 0.469. The highest BCUT2D eigenvalue weighted by molar-refractivity contribution is 4.97. The van der Waals surface area contributed by atoms with E-state index < -0.39 is 5.79 Å². The number of hydrogen-bond donors (Lipinski definition) is 1. The van der Waals surface area contributed by atoms with Crippen molar-refractivity contribution in [3.05, 3.63) is 12.0 Å². The van der Waals surface area contributed by atoms with E-state index in [1.54, 1.807) is 6.26 Å². The van der Waals surface area contributed by atoms with Crippen LogP contribution in [-0.2, 0) is 9.47 Å². The summed E-state index contributed by atoms with van der Waals surface area (Å²) in [5.41, 5.74) is 0. The van der Waals surface area contributed by atoms with Gasteiger partial charge in [0, 0.05) is 13.8 Å². The van der Waals surface area contributed by atoms with Crippen LogP contribution in [0, 0.1) is 0 Å². The summed E-state index contributed by atoms with van der Waals surface area (Å²) in [6, 6.07) is 0. The maximum atomic E-state index is 5.47. The Balaban J connectivity index is 2.19. The first-order valence-corrected chi connectivity index (χ1v) is 4.40. The van der Waals surface area contributed by atoms with E-state index in [-0.39, 0.29) is 0 Å². The molecule has 0 saturated carbocycles. The van der Waals surface area contributed by atoms with Gasteiger partial charge in [0.2, 0.25) is 5.79 Å². The molecule has 0 radical (unpaired) electrons. The molecule has 0 aromatic rings. The highest BCUT2D eigenvalue weighted by Gasteiger charge is 2.26. The van der Waals surface area contributed by atoms with Crippen molar-refractivity contribution in [1.82, 2.24) is 5.32 Å². The Morgan fingerprint density at radius 1 is 1.50 bits per heavy atom. The first-order chi connectivity index (χ1) is 5.64. The monoisotopic (exact) mass is 171 g/mol. The minimum atomic E-state index is -0.469. The van der Waals surface area contributed by atoms with Crippen molar-refractivity contribution in [1.29, 1.82) is 0 Å². The van der Waals surface area contributed by atoms with Crippen LogP contribution in [0.4, 0.5) is 0 Å². The highest BCUT2D eigenvalue weighted by atomic mass is 16.7. The Labute approximate surface area is 73.7 Å². The molecule has 70 valence electrons. The first kappa shape index (κ1) is 9.39. The molecular weight excluding hydrogens is 154 g/mol. The summed E-state index contributed by atoms with van der Waals surface area (Å²) < 4.78 is 10.7. The molecule has 12 heavy (non-hydrogen) atoms. The number of hydrogen-bond acceptors (Lipinski definition) is 3. The van der Waals surface area contributed by atoms with Crippen molar-refractivity contribution in [3.8, 4) is 0 Å². The van der Waals surface area contributed by atoms with Gasteiger partial charge in [-0.15, -0.1) is 0 Å². The predicted molar refractivity (Wildman–Crippen MR) is 47.5 cm³/mol. The molecule has 1 rings (SSSR count). The van der Waals surface area contributed by atoms with E-state index in [9.17, 15) is 0 Å². The van der Waals surface area contributed by atoms with Gasteiger partial charge in [0.1, 0.15) is 12.0 Å². The fraction of sp³-hybridized carbons (Fsp3) is 0.778. The summed E-state index contributed by atoms with van der Waals surface area (Å²) in [7, 11) is 0. The third-order valence-corrected chi connectivity index (χ3v) is 1.58. The zero-order valence-corrected chi connectivity index (χ0v) is 8.02. The molecule has 0 saturated heterocycles. The Kier molecular flexibility index (Phi) is 2.98. The van der Waals surface area contributed by atoms with Crippen molar-refractivity contribution in [3.63, 3.8) is 0 Å². The highest BCUT2D eigenvalue weighted by Crippen LogP contribution is 2.23. The van der Waals surface area contributed by atoms with Crippen molar-refractivity contribution in [2.75, 3.05) is 13.1 Å². The summed E-state index contributed by atoms with van der Waals surface area (Å²) in [6.07, 6.45) is 2.82. The van der Waals surface area contributed by atoms with Gasteiger partial charge in [-0.3, -0.25) is 0 Å². The lowest BCUT2D eigenvalue weighted by Gasteiger charge is -2.18. The summed E-state index contributed by atoms with van der Waals surface area (Å²) in [6.45, 7) is 7.71. The second kappa shape index (κ2) is 3.81. The lowest BCUT2D eigenvalue weighted by atomic mass is 10.4. The fourth-order valence-corrected chi connectivity index (χ4v) is 1.04. The molecule has 0 spiro atoms. The van der Waals surface area contributed by atoms with Gasteiger partial charge in [-0.05, 0) is 13.0 Å². The smallest absolute Gasteiger partial charge is 0.244 e. The van der Waals surface area contributed by atoms with E-state index in [1.807, 2.05) is 13.8 Å². The van der Waals surface area contributed by atoms with E-state index in [0.29, 0.717) is 0 Å². The second-order valence-electron chi connectivity index (χ2n) is 3.38. The van der Waals surface area contributed by atoms with Crippen molar-refractivity contribution >= 4 is 0 Å².